The Kier molecular flexibility index (Phi) is 4.49. The van der Waals surface area contributed by atoms with E-state index in [1.54, 1.807) is 24.1 Å². The summed E-state index contributed by atoms with van der Waals surface area (Å²) in [6, 6.07) is 5.87. The van der Waals surface area contributed by atoms with Crippen LogP contribution in [0, 0.1) is 0 Å². The zero-order chi connectivity index (χ0) is 18.2. The number of carbonyl (C=O) groups excluding carboxylic acids is 2. The third-order valence-electron chi connectivity index (χ3n) is 4.35. The highest BCUT2D eigenvalue weighted by atomic mass is 19.4. The van der Waals surface area contributed by atoms with Crippen LogP contribution in [0.5, 0.6) is 5.75 Å². The summed E-state index contributed by atoms with van der Waals surface area (Å²) in [6.07, 6.45) is -3.59. The van der Waals surface area contributed by atoms with Gasteiger partial charge in [0.15, 0.2) is 6.61 Å². The Bertz CT molecular complexity index is 663. The Morgan fingerprint density at radius 3 is 2.60 bits per heavy atom. The molecule has 1 aliphatic carbocycles. The van der Waals surface area contributed by atoms with Crippen molar-refractivity contribution in [2.24, 2.45) is 0 Å². The van der Waals surface area contributed by atoms with Gasteiger partial charge in [0.05, 0.1) is 12.1 Å². The second-order valence-corrected chi connectivity index (χ2v) is 6.21. The quantitative estimate of drug-likeness (QED) is 0.893. The molecule has 0 spiro atoms. The number of nitrogens with one attached hydrogen (secondary N) is 1. The highest BCUT2D eigenvalue weighted by Crippen LogP contribution is 2.36. The zero-order valence-electron chi connectivity index (χ0n) is 13.5. The van der Waals surface area contributed by atoms with Crippen LogP contribution in [0.3, 0.4) is 0 Å². The third-order valence-corrected chi connectivity index (χ3v) is 4.35. The lowest BCUT2D eigenvalue weighted by molar-refractivity contribution is -0.153. The fraction of sp³-hybridized carbons (Fsp3) is 0.500. The first-order valence-electron chi connectivity index (χ1n) is 7.83. The van der Waals surface area contributed by atoms with Crippen LogP contribution < -0.4 is 10.1 Å². The normalized spacial score (nSPS) is 22.5. The van der Waals surface area contributed by atoms with Crippen LogP contribution in [0.4, 0.5) is 18.0 Å². The molecule has 25 heavy (non-hydrogen) atoms. The van der Waals surface area contributed by atoms with Crippen LogP contribution in [0.2, 0.25) is 0 Å². The number of hydrogen-bond donors (Lipinski definition) is 1. The first-order chi connectivity index (χ1) is 11.7. The number of ether oxygens (including phenoxy) is 1. The van der Waals surface area contributed by atoms with Gasteiger partial charge in [-0.3, -0.25) is 4.79 Å². The van der Waals surface area contributed by atoms with E-state index in [0.29, 0.717) is 0 Å². The molecule has 1 aliphatic heterocycles. The summed E-state index contributed by atoms with van der Waals surface area (Å²) in [6.45, 7) is -1.06. The number of nitrogens with zero attached hydrogens (tertiary/aromatic N) is 2. The van der Waals surface area contributed by atoms with Crippen molar-refractivity contribution < 1.29 is 27.5 Å². The highest BCUT2D eigenvalue weighted by molar-refractivity contribution is 5.87. The molecule has 0 aromatic heterocycles. The maximum atomic E-state index is 12.2. The number of alkyl halides is 3. The molecule has 6 nitrogen and oxygen atoms in total. The smallest absolute Gasteiger partial charge is 0.422 e. The molecule has 3 amide bonds. The van der Waals surface area contributed by atoms with Crippen LogP contribution in [-0.2, 0) is 11.3 Å². The van der Waals surface area contributed by atoms with E-state index in [-0.39, 0.29) is 42.9 Å². The fourth-order valence-electron chi connectivity index (χ4n) is 2.85. The summed E-state index contributed by atoms with van der Waals surface area (Å²) in [5, 5.41) is 2.73. The zero-order valence-corrected chi connectivity index (χ0v) is 13.5. The van der Waals surface area contributed by atoms with Gasteiger partial charge in [0, 0.05) is 13.6 Å². The number of hydrogen-bond acceptors (Lipinski definition) is 3. The molecule has 1 aromatic rings. The molecular weight excluding hydrogens is 339 g/mol. The molecule has 1 heterocycles. The van der Waals surface area contributed by atoms with Gasteiger partial charge in [-0.15, -0.1) is 0 Å². The standard InChI is InChI=1S/C16H18F3N3O3/c1-21-12-6-13(12)22(8-14(21)23)15(24)20-7-10-2-4-11(5-3-10)25-9-16(17,18)19/h2-5,12-13H,6-9H2,1H3,(H,20,24)/t12-,13+/m1/s1. The summed E-state index contributed by atoms with van der Waals surface area (Å²) in [7, 11) is 1.74. The van der Waals surface area contributed by atoms with E-state index < -0.39 is 12.8 Å². The van der Waals surface area contributed by atoms with Crippen molar-refractivity contribution in [2.45, 2.75) is 31.2 Å². The SMILES string of the molecule is CN1C(=O)CN(C(=O)NCc2ccc(OCC(F)(F)F)cc2)[C@H]2C[C@H]21. The molecule has 2 fully saturated rings. The van der Waals surface area contributed by atoms with Crippen molar-refractivity contribution in [3.05, 3.63) is 29.8 Å². The molecule has 2 aliphatic rings. The summed E-state index contributed by atoms with van der Waals surface area (Å²) in [4.78, 5) is 27.2. The molecule has 1 aromatic carbocycles. The summed E-state index contributed by atoms with van der Waals surface area (Å²) >= 11 is 0. The van der Waals surface area contributed by atoms with E-state index in [4.69, 9.17) is 0 Å². The summed E-state index contributed by atoms with van der Waals surface area (Å²) in [5.74, 6) is 0.0259. The third kappa shape index (κ3) is 4.15. The van der Waals surface area contributed by atoms with E-state index in [9.17, 15) is 22.8 Å². The number of urea groups is 1. The Morgan fingerprint density at radius 1 is 1.28 bits per heavy atom. The van der Waals surface area contributed by atoms with E-state index in [2.05, 4.69) is 10.1 Å². The van der Waals surface area contributed by atoms with Gasteiger partial charge in [-0.1, -0.05) is 12.1 Å². The Hall–Kier alpha value is -2.45. The molecule has 0 unspecified atom stereocenters. The van der Waals surface area contributed by atoms with Crippen molar-refractivity contribution in [3.63, 3.8) is 0 Å². The van der Waals surface area contributed by atoms with Gasteiger partial charge in [-0.25, -0.2) is 4.79 Å². The van der Waals surface area contributed by atoms with Gasteiger partial charge >= 0.3 is 12.2 Å². The van der Waals surface area contributed by atoms with E-state index in [1.807, 2.05) is 0 Å². The van der Waals surface area contributed by atoms with Crippen LogP contribution in [-0.4, -0.2) is 60.2 Å². The van der Waals surface area contributed by atoms with Crippen molar-refractivity contribution in [1.82, 2.24) is 15.1 Å². The number of likely N-dealkylation sites (N-methyl/N-ethyl adjacent to an activating group) is 1. The van der Waals surface area contributed by atoms with Crippen molar-refractivity contribution in [1.29, 1.82) is 0 Å². The maximum absolute atomic E-state index is 12.2. The van der Waals surface area contributed by atoms with Crippen LogP contribution in [0.15, 0.2) is 24.3 Å². The largest absolute Gasteiger partial charge is 0.484 e. The lowest BCUT2D eigenvalue weighted by Crippen LogP contribution is -2.53. The van der Waals surface area contributed by atoms with Crippen molar-refractivity contribution in [3.8, 4) is 5.75 Å². The minimum atomic E-state index is -4.38. The number of carbonyl (C=O) groups is 2. The predicted molar refractivity (Wildman–Crippen MR) is 81.9 cm³/mol. The number of amides is 3. The summed E-state index contributed by atoms with van der Waals surface area (Å²) < 4.78 is 40.9. The average Bonchev–Trinajstić information content (AvgIpc) is 3.35. The first kappa shape index (κ1) is 17.4. The fourth-order valence-corrected chi connectivity index (χ4v) is 2.85. The molecule has 136 valence electrons. The lowest BCUT2D eigenvalue weighted by atomic mass is 10.2. The van der Waals surface area contributed by atoms with Gasteiger partial charge in [-0.2, -0.15) is 13.2 Å². The molecule has 1 saturated carbocycles. The predicted octanol–water partition coefficient (Wildman–Crippen LogP) is 1.75. The topological polar surface area (TPSA) is 61.9 Å². The molecule has 1 N–H and O–H groups in total. The Morgan fingerprint density at radius 2 is 1.96 bits per heavy atom. The molecule has 0 bridgehead atoms. The molecule has 3 rings (SSSR count). The van der Waals surface area contributed by atoms with Crippen LogP contribution >= 0.6 is 0 Å². The molecule has 0 radical (unpaired) electrons. The number of fused-ring (bicyclic) bond motifs is 1. The van der Waals surface area contributed by atoms with Crippen LogP contribution in [0.1, 0.15) is 12.0 Å². The van der Waals surface area contributed by atoms with E-state index in [0.717, 1.165) is 12.0 Å². The first-order valence-corrected chi connectivity index (χ1v) is 7.83. The van der Waals surface area contributed by atoms with E-state index >= 15 is 0 Å². The van der Waals surface area contributed by atoms with Gasteiger partial charge in [0.25, 0.3) is 0 Å². The minimum Gasteiger partial charge on any atom is -0.484 e. The Balaban J connectivity index is 1.49. The number of piperazine rings is 1. The monoisotopic (exact) mass is 357 g/mol. The van der Waals surface area contributed by atoms with Crippen LogP contribution in [0.25, 0.3) is 0 Å². The van der Waals surface area contributed by atoms with Crippen molar-refractivity contribution in [2.75, 3.05) is 20.2 Å². The molecular formula is C16H18F3N3O3. The van der Waals surface area contributed by atoms with E-state index in [1.165, 1.54) is 17.0 Å². The molecule has 9 heteroatoms. The lowest BCUT2D eigenvalue weighted by Gasteiger charge is -2.31. The van der Waals surface area contributed by atoms with Gasteiger partial charge in [0.2, 0.25) is 5.91 Å². The number of benzene rings is 1. The summed E-state index contributed by atoms with van der Waals surface area (Å²) in [5.41, 5.74) is 0.723. The second kappa shape index (κ2) is 6.45. The number of rotatable bonds is 4. The molecule has 1 saturated heterocycles. The number of halogens is 3. The Labute approximate surface area is 142 Å². The minimum absolute atomic E-state index is 0.0632. The van der Waals surface area contributed by atoms with Gasteiger partial charge in [0.1, 0.15) is 12.3 Å². The van der Waals surface area contributed by atoms with Gasteiger partial charge < -0.3 is 19.9 Å². The maximum Gasteiger partial charge on any atom is 0.422 e. The van der Waals surface area contributed by atoms with Gasteiger partial charge in [-0.05, 0) is 24.1 Å². The average molecular weight is 357 g/mol. The second-order valence-electron chi connectivity index (χ2n) is 6.21. The highest BCUT2D eigenvalue weighted by Gasteiger charge is 2.52. The molecule has 2 atom stereocenters. The van der Waals surface area contributed by atoms with Crippen molar-refractivity contribution >= 4 is 11.9 Å².